The number of rotatable bonds is 5. The summed E-state index contributed by atoms with van der Waals surface area (Å²) in [5, 5.41) is 21.4. The molecular weight excluding hydrogens is 356 g/mol. The fourth-order valence-electron chi connectivity index (χ4n) is 8.75. The third kappa shape index (κ3) is 3.65. The van der Waals surface area contributed by atoms with Crippen molar-refractivity contribution in [3.05, 3.63) is 11.6 Å². The lowest BCUT2D eigenvalue weighted by atomic mass is 9.47. The van der Waals surface area contributed by atoms with Crippen LogP contribution in [0, 0.1) is 46.3 Å². The second-order valence-corrected chi connectivity index (χ2v) is 12.3. The van der Waals surface area contributed by atoms with Gasteiger partial charge < -0.3 is 10.2 Å². The Balaban J connectivity index is 1.53. The molecule has 3 saturated carbocycles. The molecule has 2 heteroatoms. The summed E-state index contributed by atoms with van der Waals surface area (Å²) in [7, 11) is 0. The Kier molecular flexibility index (Phi) is 6.01. The van der Waals surface area contributed by atoms with E-state index < -0.39 is 0 Å². The molecule has 0 aromatic heterocycles. The topological polar surface area (TPSA) is 40.5 Å². The molecule has 9 atom stereocenters. The second kappa shape index (κ2) is 7.97. The Bertz CT molecular complexity index is 624. The van der Waals surface area contributed by atoms with Crippen molar-refractivity contribution in [1.82, 2.24) is 0 Å². The van der Waals surface area contributed by atoms with Crippen molar-refractivity contribution in [1.29, 1.82) is 0 Å². The summed E-state index contributed by atoms with van der Waals surface area (Å²) in [5.41, 5.74) is 2.17. The van der Waals surface area contributed by atoms with Crippen molar-refractivity contribution in [2.24, 2.45) is 46.3 Å². The molecule has 0 radical (unpaired) electrons. The molecule has 4 aliphatic rings. The van der Waals surface area contributed by atoms with Crippen LogP contribution in [0.25, 0.3) is 0 Å². The Hall–Kier alpha value is -0.340. The number of fused-ring (bicyclic) bond motifs is 5. The van der Waals surface area contributed by atoms with Crippen molar-refractivity contribution in [2.75, 3.05) is 0 Å². The van der Waals surface area contributed by atoms with Crippen LogP contribution in [0.1, 0.15) is 98.8 Å². The van der Waals surface area contributed by atoms with Crippen LogP contribution < -0.4 is 0 Å². The van der Waals surface area contributed by atoms with Gasteiger partial charge >= 0.3 is 0 Å². The molecule has 0 aromatic rings. The molecule has 2 N–H and O–H groups in total. The Morgan fingerprint density at radius 1 is 1.03 bits per heavy atom. The summed E-state index contributed by atoms with van der Waals surface area (Å²) >= 11 is 0. The van der Waals surface area contributed by atoms with Gasteiger partial charge in [-0.05, 0) is 91.3 Å². The van der Waals surface area contributed by atoms with Crippen LogP contribution in [0.5, 0.6) is 0 Å². The first-order chi connectivity index (χ1) is 13.7. The van der Waals surface area contributed by atoms with E-state index in [2.05, 4.69) is 40.7 Å². The van der Waals surface area contributed by atoms with E-state index in [1.807, 2.05) is 0 Å². The molecule has 0 heterocycles. The van der Waals surface area contributed by atoms with E-state index in [1.54, 1.807) is 5.57 Å². The molecule has 0 spiro atoms. The number of aliphatic hydroxyl groups is 2. The van der Waals surface area contributed by atoms with Gasteiger partial charge in [0.2, 0.25) is 0 Å². The molecule has 0 aliphatic heterocycles. The van der Waals surface area contributed by atoms with Crippen molar-refractivity contribution in [3.63, 3.8) is 0 Å². The molecule has 166 valence electrons. The largest absolute Gasteiger partial charge is 0.393 e. The SMILES string of the molecule is CC(C)CCC[C@@H](C)[C@H]1[C@@H](O)C[C@H]2[C@@H]3CC=C4C[C@H](O)CC[C@]4(C)[C@H]3CC[C@]12C. The Labute approximate surface area is 179 Å². The third-order valence-corrected chi connectivity index (χ3v) is 10.2. The van der Waals surface area contributed by atoms with E-state index in [9.17, 15) is 10.2 Å². The maximum Gasteiger partial charge on any atom is 0.0579 e. The highest BCUT2D eigenvalue weighted by Gasteiger charge is 2.61. The molecule has 0 bridgehead atoms. The molecule has 3 fully saturated rings. The van der Waals surface area contributed by atoms with E-state index in [0.717, 1.165) is 43.4 Å². The average molecular weight is 403 g/mol. The van der Waals surface area contributed by atoms with Crippen molar-refractivity contribution in [2.45, 2.75) is 111 Å². The molecule has 4 aliphatic carbocycles. The summed E-state index contributed by atoms with van der Waals surface area (Å²) in [4.78, 5) is 0. The fourth-order valence-corrected chi connectivity index (χ4v) is 8.75. The second-order valence-electron chi connectivity index (χ2n) is 12.3. The molecule has 0 saturated heterocycles. The van der Waals surface area contributed by atoms with Crippen LogP contribution in [-0.4, -0.2) is 22.4 Å². The first kappa shape index (κ1) is 21.9. The smallest absolute Gasteiger partial charge is 0.0579 e. The monoisotopic (exact) mass is 402 g/mol. The van der Waals surface area contributed by atoms with Gasteiger partial charge in [-0.1, -0.05) is 65.5 Å². The van der Waals surface area contributed by atoms with Crippen molar-refractivity contribution < 1.29 is 10.2 Å². The van der Waals surface area contributed by atoms with E-state index in [1.165, 1.54) is 38.5 Å². The van der Waals surface area contributed by atoms with Gasteiger partial charge in [-0.15, -0.1) is 0 Å². The highest BCUT2D eigenvalue weighted by Crippen LogP contribution is 2.67. The lowest BCUT2D eigenvalue weighted by Gasteiger charge is -2.58. The molecule has 4 rings (SSSR count). The van der Waals surface area contributed by atoms with E-state index in [0.29, 0.717) is 28.6 Å². The van der Waals surface area contributed by atoms with Crippen molar-refractivity contribution in [3.8, 4) is 0 Å². The summed E-state index contributed by atoms with van der Waals surface area (Å²) in [5.74, 6) is 4.07. The highest BCUT2D eigenvalue weighted by atomic mass is 16.3. The maximum absolute atomic E-state index is 11.2. The molecule has 0 amide bonds. The molecule has 0 aromatic carbocycles. The lowest BCUT2D eigenvalue weighted by Crippen LogP contribution is -2.51. The van der Waals surface area contributed by atoms with Gasteiger partial charge in [0, 0.05) is 0 Å². The number of aliphatic hydroxyl groups excluding tert-OH is 2. The zero-order chi connectivity index (χ0) is 21.0. The standard InChI is InChI=1S/C27H46O2/c1-17(2)7-6-8-18(3)25-24(29)16-23-21-10-9-19-15-20(28)11-13-26(19,4)22(21)12-14-27(23,25)5/h9,17-18,20-25,28-29H,6-8,10-16H2,1-5H3/t18-,20-,21-,22+,23+,24+,25+,26+,27+/m1/s1. The van der Waals surface area contributed by atoms with Crippen molar-refractivity contribution >= 4 is 0 Å². The predicted molar refractivity (Wildman–Crippen MR) is 120 cm³/mol. The normalized spacial score (nSPS) is 47.9. The summed E-state index contributed by atoms with van der Waals surface area (Å²) in [6.07, 6.45) is 14.0. The quantitative estimate of drug-likeness (QED) is 0.525. The van der Waals surface area contributed by atoms with Gasteiger partial charge in [0.1, 0.15) is 0 Å². The Morgan fingerprint density at radius 3 is 2.52 bits per heavy atom. The van der Waals surface area contributed by atoms with Gasteiger partial charge in [0.05, 0.1) is 12.2 Å². The number of hydrogen-bond acceptors (Lipinski definition) is 2. The van der Waals surface area contributed by atoms with Crippen LogP contribution in [0.3, 0.4) is 0 Å². The van der Waals surface area contributed by atoms with Gasteiger partial charge in [0.25, 0.3) is 0 Å². The maximum atomic E-state index is 11.2. The molecule has 2 nitrogen and oxygen atoms in total. The van der Waals surface area contributed by atoms with Crippen LogP contribution in [-0.2, 0) is 0 Å². The first-order valence-corrected chi connectivity index (χ1v) is 12.7. The third-order valence-electron chi connectivity index (χ3n) is 10.2. The summed E-state index contributed by atoms with van der Waals surface area (Å²) < 4.78 is 0. The number of hydrogen-bond donors (Lipinski definition) is 2. The van der Waals surface area contributed by atoms with Gasteiger partial charge in [-0.3, -0.25) is 0 Å². The zero-order valence-electron chi connectivity index (χ0n) is 19.7. The summed E-state index contributed by atoms with van der Waals surface area (Å²) in [6, 6.07) is 0. The van der Waals surface area contributed by atoms with E-state index in [4.69, 9.17) is 0 Å². The van der Waals surface area contributed by atoms with Gasteiger partial charge in [-0.25, -0.2) is 0 Å². The molecular formula is C27H46O2. The minimum atomic E-state index is -0.121. The predicted octanol–water partition coefficient (Wildman–Crippen LogP) is 6.36. The molecule has 29 heavy (non-hydrogen) atoms. The number of allylic oxidation sites excluding steroid dienone is 1. The highest BCUT2D eigenvalue weighted by molar-refractivity contribution is 5.25. The van der Waals surface area contributed by atoms with Gasteiger partial charge in [0.15, 0.2) is 0 Å². The van der Waals surface area contributed by atoms with Crippen LogP contribution in [0.4, 0.5) is 0 Å². The fraction of sp³-hybridized carbons (Fsp3) is 0.926. The minimum absolute atomic E-state index is 0.107. The van der Waals surface area contributed by atoms with E-state index >= 15 is 0 Å². The first-order valence-electron chi connectivity index (χ1n) is 12.7. The van der Waals surface area contributed by atoms with Crippen LogP contribution >= 0.6 is 0 Å². The van der Waals surface area contributed by atoms with Crippen LogP contribution in [0.15, 0.2) is 11.6 Å². The van der Waals surface area contributed by atoms with Crippen LogP contribution in [0.2, 0.25) is 0 Å². The summed E-state index contributed by atoms with van der Waals surface area (Å²) in [6.45, 7) is 12.1. The lowest BCUT2D eigenvalue weighted by molar-refractivity contribution is -0.0620. The minimum Gasteiger partial charge on any atom is -0.393 e. The zero-order valence-corrected chi connectivity index (χ0v) is 19.7. The average Bonchev–Trinajstić information content (AvgIpc) is 2.92. The Morgan fingerprint density at radius 2 is 1.79 bits per heavy atom. The molecule has 0 unspecified atom stereocenters. The van der Waals surface area contributed by atoms with Gasteiger partial charge in [-0.2, -0.15) is 0 Å². The van der Waals surface area contributed by atoms with E-state index in [-0.39, 0.29) is 12.2 Å².